The molecule has 0 spiro atoms. The molecule has 1 aromatic heterocycles. The zero-order valence-electron chi connectivity index (χ0n) is 7.75. The Labute approximate surface area is 84.0 Å². The van der Waals surface area contributed by atoms with E-state index < -0.39 is 0 Å². The van der Waals surface area contributed by atoms with E-state index in [1.165, 1.54) is 5.56 Å². The second-order valence-electron chi connectivity index (χ2n) is 2.87. The first kappa shape index (κ1) is 11.9. The number of nitrogens with zero attached hydrogens (tertiary/aromatic N) is 1. The van der Waals surface area contributed by atoms with Crippen molar-refractivity contribution in [2.75, 3.05) is 0 Å². The van der Waals surface area contributed by atoms with Crippen LogP contribution in [-0.4, -0.2) is 5.91 Å². The van der Waals surface area contributed by atoms with Gasteiger partial charge in [0.15, 0.2) is 11.9 Å². The number of primary amides is 1. The zero-order valence-corrected chi connectivity index (χ0v) is 8.51. The normalized spacial score (nSPS) is 9.08. The number of amides is 1. The first-order chi connectivity index (χ1) is 5.61. The molecule has 1 aromatic rings. The van der Waals surface area contributed by atoms with Gasteiger partial charge < -0.3 is 18.1 Å². The molecule has 0 radical (unpaired) electrons. The van der Waals surface area contributed by atoms with Crippen LogP contribution >= 0.6 is 0 Å². The number of aryl methyl sites for hydroxylation is 1. The Kier molecular flexibility index (Phi) is 4.42. The minimum absolute atomic E-state index is 0. The number of nitrogens with two attached hydrogens (primary N) is 1. The summed E-state index contributed by atoms with van der Waals surface area (Å²) < 4.78 is 1.84. The highest BCUT2D eigenvalue weighted by Crippen LogP contribution is 1.97. The molecular formula is C9H13ClN2O. The molecule has 0 unspecified atom stereocenters. The van der Waals surface area contributed by atoms with E-state index in [2.05, 4.69) is 0 Å². The standard InChI is InChI=1S/C9H12N2O.ClH/c1-7-4-3-5-11(8(7)2)6-9(10)12;/h3-5H,6H2,1-2H3,(H-,10,12);1H. The van der Waals surface area contributed by atoms with Crippen LogP contribution in [0.4, 0.5) is 0 Å². The van der Waals surface area contributed by atoms with E-state index in [1.807, 2.05) is 36.7 Å². The molecule has 0 atom stereocenters. The number of hydrogen-bond acceptors (Lipinski definition) is 1. The molecule has 13 heavy (non-hydrogen) atoms. The Morgan fingerprint density at radius 1 is 1.54 bits per heavy atom. The molecular weight excluding hydrogens is 188 g/mol. The van der Waals surface area contributed by atoms with Crippen molar-refractivity contribution in [2.24, 2.45) is 5.73 Å². The van der Waals surface area contributed by atoms with Crippen LogP contribution in [0.1, 0.15) is 11.3 Å². The molecule has 72 valence electrons. The van der Waals surface area contributed by atoms with Gasteiger partial charge in [-0.15, -0.1) is 0 Å². The van der Waals surface area contributed by atoms with Gasteiger partial charge in [-0.25, -0.2) is 0 Å². The second-order valence-corrected chi connectivity index (χ2v) is 2.87. The van der Waals surface area contributed by atoms with E-state index in [9.17, 15) is 4.79 Å². The number of halogens is 1. The quantitative estimate of drug-likeness (QED) is 0.511. The summed E-state index contributed by atoms with van der Waals surface area (Å²) >= 11 is 0. The van der Waals surface area contributed by atoms with Crippen LogP contribution < -0.4 is 22.7 Å². The van der Waals surface area contributed by atoms with Gasteiger partial charge in [-0.05, 0) is 13.0 Å². The van der Waals surface area contributed by atoms with E-state index in [4.69, 9.17) is 5.73 Å². The monoisotopic (exact) mass is 200 g/mol. The van der Waals surface area contributed by atoms with E-state index in [-0.39, 0.29) is 24.9 Å². The van der Waals surface area contributed by atoms with Crippen molar-refractivity contribution in [2.45, 2.75) is 20.4 Å². The molecule has 0 saturated heterocycles. The summed E-state index contributed by atoms with van der Waals surface area (Å²) in [6.45, 7) is 4.23. The molecule has 0 aliphatic heterocycles. The SMILES string of the molecule is Cc1ccc[n+](CC(N)=O)c1C.[Cl-]. The smallest absolute Gasteiger partial charge is 0.283 e. The molecule has 0 aliphatic carbocycles. The maximum absolute atomic E-state index is 10.6. The average Bonchev–Trinajstić information content (AvgIpc) is 1.98. The maximum atomic E-state index is 10.6. The predicted octanol–water partition coefficient (Wildman–Crippen LogP) is -2.92. The minimum Gasteiger partial charge on any atom is -1.00 e. The molecule has 0 saturated carbocycles. The van der Waals surface area contributed by atoms with Gasteiger partial charge in [0, 0.05) is 18.6 Å². The van der Waals surface area contributed by atoms with Crippen LogP contribution in [0.5, 0.6) is 0 Å². The highest BCUT2D eigenvalue weighted by molar-refractivity contribution is 5.72. The molecule has 1 rings (SSSR count). The number of rotatable bonds is 2. The number of pyridine rings is 1. The van der Waals surface area contributed by atoms with E-state index >= 15 is 0 Å². The largest absolute Gasteiger partial charge is 1.00 e. The number of carbonyl (C=O) groups excluding carboxylic acids is 1. The second kappa shape index (κ2) is 4.82. The summed E-state index contributed by atoms with van der Waals surface area (Å²) in [6, 6.07) is 3.91. The molecule has 2 N–H and O–H groups in total. The minimum atomic E-state index is -0.311. The molecule has 0 bridgehead atoms. The third-order valence-electron chi connectivity index (χ3n) is 1.94. The number of carbonyl (C=O) groups is 1. The van der Waals surface area contributed by atoms with Crippen LogP contribution in [0, 0.1) is 13.8 Å². The van der Waals surface area contributed by atoms with Crippen molar-refractivity contribution in [3.8, 4) is 0 Å². The van der Waals surface area contributed by atoms with Gasteiger partial charge in [0.05, 0.1) is 0 Å². The van der Waals surface area contributed by atoms with Gasteiger partial charge in [-0.1, -0.05) is 0 Å². The fraction of sp³-hybridized carbons (Fsp3) is 0.333. The molecule has 1 heterocycles. The summed E-state index contributed by atoms with van der Waals surface area (Å²) in [5.74, 6) is -0.311. The topological polar surface area (TPSA) is 47.0 Å². The van der Waals surface area contributed by atoms with Gasteiger partial charge in [0.1, 0.15) is 0 Å². The fourth-order valence-corrected chi connectivity index (χ4v) is 1.09. The van der Waals surface area contributed by atoms with Gasteiger partial charge in [0.2, 0.25) is 6.54 Å². The molecule has 0 aromatic carbocycles. The Balaban J connectivity index is 0.00000144. The Morgan fingerprint density at radius 3 is 2.69 bits per heavy atom. The van der Waals surface area contributed by atoms with Crippen molar-refractivity contribution >= 4 is 5.91 Å². The first-order valence-electron chi connectivity index (χ1n) is 3.85. The maximum Gasteiger partial charge on any atom is 0.283 e. The lowest BCUT2D eigenvalue weighted by Gasteiger charge is -1.99. The zero-order chi connectivity index (χ0) is 9.14. The third kappa shape index (κ3) is 3.03. The van der Waals surface area contributed by atoms with Crippen LogP contribution in [0.2, 0.25) is 0 Å². The number of hydrogen-bond donors (Lipinski definition) is 1. The average molecular weight is 201 g/mol. The summed E-state index contributed by atoms with van der Waals surface area (Å²) in [5, 5.41) is 0. The van der Waals surface area contributed by atoms with Crippen LogP contribution in [-0.2, 0) is 11.3 Å². The van der Waals surface area contributed by atoms with Gasteiger partial charge in [0.25, 0.3) is 5.91 Å². The lowest BCUT2D eigenvalue weighted by Crippen LogP contribution is -3.00. The van der Waals surface area contributed by atoms with Gasteiger partial charge in [-0.2, -0.15) is 4.57 Å². The van der Waals surface area contributed by atoms with Crippen molar-refractivity contribution in [3.63, 3.8) is 0 Å². The summed E-state index contributed by atoms with van der Waals surface area (Å²) in [5.41, 5.74) is 7.33. The van der Waals surface area contributed by atoms with Crippen LogP contribution in [0.25, 0.3) is 0 Å². The Morgan fingerprint density at radius 2 is 2.15 bits per heavy atom. The summed E-state index contributed by atoms with van der Waals surface area (Å²) in [7, 11) is 0. The molecule has 4 heteroatoms. The Bertz CT molecular complexity index is 312. The van der Waals surface area contributed by atoms with E-state index in [0.717, 1.165) is 5.69 Å². The summed E-state index contributed by atoms with van der Waals surface area (Å²) in [6.07, 6.45) is 1.85. The van der Waals surface area contributed by atoms with Crippen molar-refractivity contribution < 1.29 is 21.8 Å². The lowest BCUT2D eigenvalue weighted by molar-refractivity contribution is -0.690. The van der Waals surface area contributed by atoms with Crippen LogP contribution in [0.15, 0.2) is 18.3 Å². The van der Waals surface area contributed by atoms with E-state index in [1.54, 1.807) is 0 Å². The van der Waals surface area contributed by atoms with Crippen molar-refractivity contribution in [1.29, 1.82) is 0 Å². The highest BCUT2D eigenvalue weighted by atomic mass is 35.5. The molecule has 3 nitrogen and oxygen atoms in total. The fourth-order valence-electron chi connectivity index (χ4n) is 1.09. The summed E-state index contributed by atoms with van der Waals surface area (Å²) in [4.78, 5) is 10.6. The predicted molar refractivity (Wildman–Crippen MR) is 45.3 cm³/mol. The van der Waals surface area contributed by atoms with E-state index in [0.29, 0.717) is 0 Å². The third-order valence-corrected chi connectivity index (χ3v) is 1.94. The first-order valence-corrected chi connectivity index (χ1v) is 3.85. The highest BCUT2D eigenvalue weighted by Gasteiger charge is 2.09. The molecule has 0 fully saturated rings. The molecule has 0 aliphatic rings. The van der Waals surface area contributed by atoms with Gasteiger partial charge in [-0.3, -0.25) is 4.79 Å². The van der Waals surface area contributed by atoms with Crippen molar-refractivity contribution in [1.82, 2.24) is 0 Å². The molecule has 1 amide bonds. The van der Waals surface area contributed by atoms with Gasteiger partial charge >= 0.3 is 0 Å². The Hall–Kier alpha value is -1.09. The van der Waals surface area contributed by atoms with Crippen molar-refractivity contribution in [3.05, 3.63) is 29.6 Å². The number of aromatic nitrogens is 1. The lowest BCUT2D eigenvalue weighted by atomic mass is 10.2. The van der Waals surface area contributed by atoms with Crippen LogP contribution in [0.3, 0.4) is 0 Å².